The van der Waals surface area contributed by atoms with Crippen LogP contribution in [0.3, 0.4) is 0 Å². The first-order chi connectivity index (χ1) is 9.02. The number of benzene rings is 1. The number of nitrogens with two attached hydrogens (primary N) is 1. The van der Waals surface area contributed by atoms with Crippen molar-refractivity contribution in [3.8, 4) is 17.0 Å². The van der Waals surface area contributed by atoms with Crippen LogP contribution in [0.5, 0.6) is 5.75 Å². The van der Waals surface area contributed by atoms with Crippen LogP contribution in [0.25, 0.3) is 11.3 Å². The zero-order chi connectivity index (χ0) is 14.0. The maximum absolute atomic E-state index is 5.86. The van der Waals surface area contributed by atoms with E-state index in [0.29, 0.717) is 11.8 Å². The number of anilines is 1. The van der Waals surface area contributed by atoms with E-state index in [1.54, 1.807) is 7.11 Å². The first-order valence-corrected chi connectivity index (χ1v) is 6.90. The average molecular weight is 325 g/mol. The molecule has 5 heteroatoms. The summed E-state index contributed by atoms with van der Waals surface area (Å²) in [5, 5.41) is 4.07. The van der Waals surface area contributed by atoms with Crippen molar-refractivity contribution >= 4 is 21.8 Å². The predicted molar refractivity (Wildman–Crippen MR) is 79.1 cm³/mol. The smallest absolute Gasteiger partial charge is 0.225 e. The second-order valence-corrected chi connectivity index (χ2v) is 5.68. The molecule has 1 heterocycles. The number of nitrogens with zero attached hydrogens (tertiary/aromatic N) is 1. The van der Waals surface area contributed by atoms with Crippen LogP contribution < -0.4 is 10.5 Å². The zero-order valence-electron chi connectivity index (χ0n) is 11.2. The van der Waals surface area contributed by atoms with Gasteiger partial charge in [-0.25, -0.2) is 0 Å². The Hall–Kier alpha value is -1.49. The van der Waals surface area contributed by atoms with Gasteiger partial charge >= 0.3 is 0 Å². The molecule has 0 bridgehead atoms. The van der Waals surface area contributed by atoms with Gasteiger partial charge in [-0.2, -0.15) is 0 Å². The molecule has 0 atom stereocenters. The molecular weight excluding hydrogens is 308 g/mol. The van der Waals surface area contributed by atoms with Crippen molar-refractivity contribution in [2.24, 2.45) is 5.92 Å². The van der Waals surface area contributed by atoms with E-state index in [2.05, 4.69) is 34.9 Å². The van der Waals surface area contributed by atoms with E-state index in [4.69, 9.17) is 15.0 Å². The average Bonchev–Trinajstić information content (AvgIpc) is 2.70. The maximum Gasteiger partial charge on any atom is 0.225 e. The minimum atomic E-state index is 0.399. The van der Waals surface area contributed by atoms with Crippen LogP contribution in [0.15, 0.2) is 27.2 Å². The Morgan fingerprint density at radius 1 is 1.42 bits per heavy atom. The molecule has 0 aliphatic heterocycles. The molecule has 0 fully saturated rings. The van der Waals surface area contributed by atoms with Gasteiger partial charge in [-0.3, -0.25) is 0 Å². The van der Waals surface area contributed by atoms with Crippen LogP contribution in [0.2, 0.25) is 0 Å². The maximum atomic E-state index is 5.86. The van der Waals surface area contributed by atoms with Crippen molar-refractivity contribution in [3.05, 3.63) is 28.2 Å². The highest BCUT2D eigenvalue weighted by Gasteiger charge is 2.17. The molecule has 1 aromatic heterocycles. The van der Waals surface area contributed by atoms with Gasteiger partial charge in [-0.05, 0) is 46.5 Å². The van der Waals surface area contributed by atoms with Gasteiger partial charge in [0.25, 0.3) is 0 Å². The van der Waals surface area contributed by atoms with Crippen LogP contribution in [0.4, 0.5) is 5.88 Å². The Balaban J connectivity index is 2.44. The van der Waals surface area contributed by atoms with Gasteiger partial charge in [0, 0.05) is 11.1 Å². The Labute approximate surface area is 121 Å². The van der Waals surface area contributed by atoms with Crippen molar-refractivity contribution in [2.45, 2.75) is 20.3 Å². The normalized spacial score (nSPS) is 11.0. The molecule has 0 radical (unpaired) electrons. The van der Waals surface area contributed by atoms with E-state index in [0.717, 1.165) is 33.5 Å². The van der Waals surface area contributed by atoms with Gasteiger partial charge in [0.1, 0.15) is 11.4 Å². The van der Waals surface area contributed by atoms with E-state index >= 15 is 0 Å². The minimum absolute atomic E-state index is 0.399. The third-order valence-corrected chi connectivity index (χ3v) is 3.48. The number of methoxy groups -OCH3 is 1. The number of hydrogen-bond acceptors (Lipinski definition) is 4. The summed E-state index contributed by atoms with van der Waals surface area (Å²) in [7, 11) is 1.64. The molecule has 2 rings (SSSR count). The third kappa shape index (κ3) is 2.92. The molecule has 4 nitrogen and oxygen atoms in total. The van der Waals surface area contributed by atoms with Gasteiger partial charge < -0.3 is 15.0 Å². The molecule has 1 aromatic carbocycles. The fraction of sp³-hybridized carbons (Fsp3) is 0.357. The second kappa shape index (κ2) is 5.65. The lowest BCUT2D eigenvalue weighted by Gasteiger charge is -2.07. The minimum Gasteiger partial charge on any atom is -0.496 e. The highest BCUT2D eigenvalue weighted by atomic mass is 79.9. The highest BCUT2D eigenvalue weighted by molar-refractivity contribution is 9.10. The molecule has 0 saturated heterocycles. The molecule has 0 spiro atoms. The summed E-state index contributed by atoms with van der Waals surface area (Å²) in [6, 6.07) is 5.80. The standard InChI is InChI=1S/C14H17BrN2O2/c1-8(2)6-10-13(17-19-14(10)16)9-4-5-12(18-3)11(15)7-9/h4-5,7-8H,6,16H2,1-3H3. The Bertz CT molecular complexity index is 579. The van der Waals surface area contributed by atoms with E-state index in [1.807, 2.05) is 18.2 Å². The van der Waals surface area contributed by atoms with Crippen LogP contribution >= 0.6 is 15.9 Å². The largest absolute Gasteiger partial charge is 0.496 e. The number of aromatic nitrogens is 1. The number of nitrogen functional groups attached to an aromatic ring is 1. The van der Waals surface area contributed by atoms with Crippen molar-refractivity contribution in [3.63, 3.8) is 0 Å². The lowest BCUT2D eigenvalue weighted by atomic mass is 9.99. The van der Waals surface area contributed by atoms with Gasteiger partial charge in [-0.1, -0.05) is 19.0 Å². The first kappa shape index (κ1) is 13.9. The van der Waals surface area contributed by atoms with Crippen LogP contribution in [0.1, 0.15) is 19.4 Å². The lowest BCUT2D eigenvalue weighted by Crippen LogP contribution is -1.98. The van der Waals surface area contributed by atoms with E-state index in [1.165, 1.54) is 0 Å². The second-order valence-electron chi connectivity index (χ2n) is 4.82. The van der Waals surface area contributed by atoms with Gasteiger partial charge in [0.2, 0.25) is 5.88 Å². The van der Waals surface area contributed by atoms with Crippen LogP contribution in [0, 0.1) is 5.92 Å². The Morgan fingerprint density at radius 3 is 2.74 bits per heavy atom. The number of hydrogen-bond donors (Lipinski definition) is 1. The van der Waals surface area contributed by atoms with Crippen molar-refractivity contribution in [1.82, 2.24) is 5.16 Å². The number of halogens is 1. The summed E-state index contributed by atoms with van der Waals surface area (Å²) in [5.41, 5.74) is 8.58. The summed E-state index contributed by atoms with van der Waals surface area (Å²) in [4.78, 5) is 0. The van der Waals surface area contributed by atoms with Gasteiger partial charge in [0.05, 0.1) is 11.6 Å². The fourth-order valence-corrected chi connectivity index (χ4v) is 2.51. The molecule has 19 heavy (non-hydrogen) atoms. The lowest BCUT2D eigenvalue weighted by molar-refractivity contribution is 0.412. The quantitative estimate of drug-likeness (QED) is 0.926. The molecule has 102 valence electrons. The predicted octanol–water partition coefficient (Wildman–Crippen LogP) is 3.89. The van der Waals surface area contributed by atoms with Crippen molar-refractivity contribution < 1.29 is 9.26 Å². The molecule has 2 N–H and O–H groups in total. The SMILES string of the molecule is COc1ccc(-c2noc(N)c2CC(C)C)cc1Br. The molecule has 0 amide bonds. The van der Waals surface area contributed by atoms with E-state index < -0.39 is 0 Å². The van der Waals surface area contributed by atoms with Gasteiger partial charge in [0.15, 0.2) is 0 Å². The Kier molecular flexibility index (Phi) is 4.14. The highest BCUT2D eigenvalue weighted by Crippen LogP contribution is 2.34. The topological polar surface area (TPSA) is 61.3 Å². The fourth-order valence-electron chi connectivity index (χ4n) is 1.97. The number of rotatable bonds is 4. The van der Waals surface area contributed by atoms with E-state index in [-0.39, 0.29) is 0 Å². The first-order valence-electron chi connectivity index (χ1n) is 6.10. The van der Waals surface area contributed by atoms with Crippen molar-refractivity contribution in [1.29, 1.82) is 0 Å². The zero-order valence-corrected chi connectivity index (χ0v) is 12.8. The van der Waals surface area contributed by atoms with Crippen LogP contribution in [-0.4, -0.2) is 12.3 Å². The Morgan fingerprint density at radius 2 is 2.16 bits per heavy atom. The summed E-state index contributed by atoms with van der Waals surface area (Å²) in [6.45, 7) is 4.28. The molecular formula is C14H17BrN2O2. The molecule has 0 aliphatic rings. The van der Waals surface area contributed by atoms with E-state index in [9.17, 15) is 0 Å². The monoisotopic (exact) mass is 324 g/mol. The summed E-state index contributed by atoms with van der Waals surface area (Å²) in [6.07, 6.45) is 0.842. The van der Waals surface area contributed by atoms with Gasteiger partial charge in [-0.15, -0.1) is 0 Å². The molecule has 2 aromatic rings. The summed E-state index contributed by atoms with van der Waals surface area (Å²) >= 11 is 3.47. The third-order valence-electron chi connectivity index (χ3n) is 2.86. The molecule has 0 unspecified atom stereocenters. The van der Waals surface area contributed by atoms with Crippen LogP contribution in [-0.2, 0) is 6.42 Å². The number of ether oxygens (including phenoxy) is 1. The summed E-state index contributed by atoms with van der Waals surface area (Å²) < 4.78 is 11.2. The summed E-state index contributed by atoms with van der Waals surface area (Å²) in [5.74, 6) is 1.67. The molecule has 0 saturated carbocycles. The molecule has 0 aliphatic carbocycles. The van der Waals surface area contributed by atoms with Crippen molar-refractivity contribution in [2.75, 3.05) is 12.8 Å².